The van der Waals surface area contributed by atoms with E-state index >= 15 is 0 Å². The fourth-order valence-electron chi connectivity index (χ4n) is 2.42. The molecule has 0 radical (unpaired) electrons. The number of nitrogens with two attached hydrogens (primary N) is 1. The number of amides is 2. The summed E-state index contributed by atoms with van der Waals surface area (Å²) in [5.74, 6) is -1.44. The Morgan fingerprint density at radius 2 is 1.88 bits per heavy atom. The Morgan fingerprint density at radius 3 is 2.40 bits per heavy atom. The van der Waals surface area contributed by atoms with E-state index in [1.54, 1.807) is 6.92 Å². The SMILES string of the molecule is C[C@H](CC(=O)Nc1cnn(C)c1C(N)=O)c1ccc(C(F)(F)F)cc1. The quantitative estimate of drug-likeness (QED) is 0.865. The van der Waals surface area contributed by atoms with Crippen LogP contribution in [0.5, 0.6) is 0 Å². The van der Waals surface area contributed by atoms with Gasteiger partial charge in [0.25, 0.3) is 5.91 Å². The van der Waals surface area contributed by atoms with Gasteiger partial charge in [-0.3, -0.25) is 14.3 Å². The number of anilines is 1. The van der Waals surface area contributed by atoms with Gasteiger partial charge in [-0.25, -0.2) is 0 Å². The molecule has 2 amide bonds. The standard InChI is InChI=1S/C16H17F3N4O2/c1-9(10-3-5-11(6-4-10)16(17,18)19)7-13(24)22-12-8-21-23(2)14(12)15(20)25/h3-6,8-9H,7H2,1-2H3,(H2,20,25)(H,22,24)/t9-/m1/s1. The maximum absolute atomic E-state index is 12.6. The second-order valence-corrected chi connectivity index (χ2v) is 5.67. The van der Waals surface area contributed by atoms with Gasteiger partial charge in [0.05, 0.1) is 17.4 Å². The first-order chi connectivity index (χ1) is 11.6. The Morgan fingerprint density at radius 1 is 1.28 bits per heavy atom. The molecular weight excluding hydrogens is 337 g/mol. The minimum atomic E-state index is -4.40. The van der Waals surface area contributed by atoms with Crippen molar-refractivity contribution in [3.63, 3.8) is 0 Å². The highest BCUT2D eigenvalue weighted by atomic mass is 19.4. The molecular formula is C16H17F3N4O2. The van der Waals surface area contributed by atoms with Gasteiger partial charge in [-0.05, 0) is 23.6 Å². The lowest BCUT2D eigenvalue weighted by Crippen LogP contribution is -2.20. The summed E-state index contributed by atoms with van der Waals surface area (Å²) in [4.78, 5) is 23.5. The van der Waals surface area contributed by atoms with Crippen molar-refractivity contribution in [3.8, 4) is 0 Å². The highest BCUT2D eigenvalue weighted by Gasteiger charge is 2.30. The summed E-state index contributed by atoms with van der Waals surface area (Å²) >= 11 is 0. The first-order valence-electron chi connectivity index (χ1n) is 7.38. The van der Waals surface area contributed by atoms with Crippen LogP contribution in [-0.2, 0) is 18.0 Å². The third-order valence-corrected chi connectivity index (χ3v) is 3.74. The van der Waals surface area contributed by atoms with Crippen molar-refractivity contribution in [1.29, 1.82) is 0 Å². The molecule has 0 saturated heterocycles. The van der Waals surface area contributed by atoms with Crippen LogP contribution in [0, 0.1) is 0 Å². The second-order valence-electron chi connectivity index (χ2n) is 5.67. The van der Waals surface area contributed by atoms with Crippen LogP contribution in [0.4, 0.5) is 18.9 Å². The number of halogens is 3. The largest absolute Gasteiger partial charge is 0.416 e. The minimum Gasteiger partial charge on any atom is -0.364 e. The molecule has 0 bridgehead atoms. The summed E-state index contributed by atoms with van der Waals surface area (Å²) in [5.41, 5.74) is 5.35. The molecule has 1 heterocycles. The van der Waals surface area contributed by atoms with Crippen molar-refractivity contribution in [1.82, 2.24) is 9.78 Å². The molecule has 2 rings (SSSR count). The predicted octanol–water partition coefficient (Wildman–Crippen LogP) is 2.67. The van der Waals surface area contributed by atoms with Crippen molar-refractivity contribution in [3.05, 3.63) is 47.3 Å². The van der Waals surface area contributed by atoms with E-state index in [1.165, 1.54) is 30.1 Å². The predicted molar refractivity (Wildman–Crippen MR) is 84.8 cm³/mol. The number of nitrogens with one attached hydrogen (secondary N) is 1. The molecule has 2 aromatic rings. The average Bonchev–Trinajstić information content (AvgIpc) is 2.87. The van der Waals surface area contributed by atoms with Crippen LogP contribution >= 0.6 is 0 Å². The number of aryl methyl sites for hydroxylation is 1. The molecule has 25 heavy (non-hydrogen) atoms. The van der Waals surface area contributed by atoms with E-state index in [-0.39, 0.29) is 23.7 Å². The van der Waals surface area contributed by atoms with E-state index in [9.17, 15) is 22.8 Å². The van der Waals surface area contributed by atoms with Crippen LogP contribution in [0.1, 0.15) is 40.9 Å². The molecule has 134 valence electrons. The highest BCUT2D eigenvalue weighted by Crippen LogP contribution is 2.30. The lowest BCUT2D eigenvalue weighted by Gasteiger charge is -2.13. The van der Waals surface area contributed by atoms with Crippen LogP contribution in [0.3, 0.4) is 0 Å². The second kappa shape index (κ2) is 6.96. The van der Waals surface area contributed by atoms with E-state index in [2.05, 4.69) is 10.4 Å². The zero-order valence-electron chi connectivity index (χ0n) is 13.6. The lowest BCUT2D eigenvalue weighted by molar-refractivity contribution is -0.137. The maximum atomic E-state index is 12.6. The summed E-state index contributed by atoms with van der Waals surface area (Å²) in [7, 11) is 1.51. The molecule has 6 nitrogen and oxygen atoms in total. The van der Waals surface area contributed by atoms with Crippen molar-refractivity contribution in [2.75, 3.05) is 5.32 Å². The minimum absolute atomic E-state index is 0.0263. The molecule has 0 spiro atoms. The van der Waals surface area contributed by atoms with Gasteiger partial charge in [0, 0.05) is 13.5 Å². The van der Waals surface area contributed by atoms with Crippen molar-refractivity contribution >= 4 is 17.5 Å². The van der Waals surface area contributed by atoms with Crippen molar-refractivity contribution in [2.24, 2.45) is 12.8 Å². The summed E-state index contributed by atoms with van der Waals surface area (Å²) < 4.78 is 39.0. The topological polar surface area (TPSA) is 90.0 Å². The Balaban J connectivity index is 2.04. The summed E-state index contributed by atoms with van der Waals surface area (Å²) in [5, 5.41) is 6.40. The van der Waals surface area contributed by atoms with E-state index in [1.807, 2.05) is 0 Å². The molecule has 0 saturated carbocycles. The molecule has 0 aliphatic carbocycles. The highest BCUT2D eigenvalue weighted by molar-refractivity contribution is 6.01. The Hall–Kier alpha value is -2.84. The van der Waals surface area contributed by atoms with Gasteiger partial charge in [-0.15, -0.1) is 0 Å². The first kappa shape index (κ1) is 18.5. The van der Waals surface area contributed by atoms with E-state index in [0.29, 0.717) is 5.56 Å². The smallest absolute Gasteiger partial charge is 0.364 e. The van der Waals surface area contributed by atoms with Gasteiger partial charge in [-0.1, -0.05) is 19.1 Å². The molecule has 1 aromatic carbocycles. The summed E-state index contributed by atoms with van der Waals surface area (Å²) in [6.07, 6.45) is -3.07. The zero-order valence-corrected chi connectivity index (χ0v) is 13.6. The van der Waals surface area contributed by atoms with Crippen LogP contribution in [-0.4, -0.2) is 21.6 Å². The summed E-state index contributed by atoms with van der Waals surface area (Å²) in [6, 6.07) is 4.66. The van der Waals surface area contributed by atoms with Gasteiger partial charge in [0.2, 0.25) is 5.91 Å². The number of rotatable bonds is 5. The van der Waals surface area contributed by atoms with E-state index in [0.717, 1.165) is 12.1 Å². The number of carbonyl (C=O) groups excluding carboxylic acids is 2. The molecule has 0 unspecified atom stereocenters. The molecule has 0 fully saturated rings. The van der Waals surface area contributed by atoms with Gasteiger partial charge in [0.1, 0.15) is 5.69 Å². The van der Waals surface area contributed by atoms with E-state index in [4.69, 9.17) is 5.73 Å². The molecule has 3 N–H and O–H groups in total. The van der Waals surface area contributed by atoms with Crippen molar-refractivity contribution < 1.29 is 22.8 Å². The number of aromatic nitrogens is 2. The molecule has 9 heteroatoms. The number of primary amides is 1. The maximum Gasteiger partial charge on any atom is 0.416 e. The molecule has 1 atom stereocenters. The number of carbonyl (C=O) groups is 2. The van der Waals surface area contributed by atoms with Crippen molar-refractivity contribution in [2.45, 2.75) is 25.4 Å². The monoisotopic (exact) mass is 354 g/mol. The number of benzene rings is 1. The van der Waals surface area contributed by atoms with Crippen LogP contribution < -0.4 is 11.1 Å². The third-order valence-electron chi connectivity index (χ3n) is 3.74. The third kappa shape index (κ3) is 4.37. The van der Waals surface area contributed by atoms with Gasteiger partial charge >= 0.3 is 6.18 Å². The Bertz CT molecular complexity index is 782. The van der Waals surface area contributed by atoms with Gasteiger partial charge in [0.15, 0.2) is 0 Å². The molecule has 0 aliphatic heterocycles. The normalized spacial score (nSPS) is 12.7. The number of hydrogen-bond donors (Lipinski definition) is 2. The zero-order chi connectivity index (χ0) is 18.8. The lowest BCUT2D eigenvalue weighted by atomic mass is 9.96. The average molecular weight is 354 g/mol. The molecule has 0 aliphatic rings. The first-order valence-corrected chi connectivity index (χ1v) is 7.38. The Labute approximate surface area is 141 Å². The van der Waals surface area contributed by atoms with Crippen LogP contribution in [0.15, 0.2) is 30.5 Å². The fraction of sp³-hybridized carbons (Fsp3) is 0.312. The van der Waals surface area contributed by atoms with Gasteiger partial charge < -0.3 is 11.1 Å². The van der Waals surface area contributed by atoms with Crippen LogP contribution in [0.25, 0.3) is 0 Å². The number of alkyl halides is 3. The van der Waals surface area contributed by atoms with E-state index < -0.39 is 23.6 Å². The van der Waals surface area contributed by atoms with Crippen LogP contribution in [0.2, 0.25) is 0 Å². The molecule has 1 aromatic heterocycles. The van der Waals surface area contributed by atoms with Gasteiger partial charge in [-0.2, -0.15) is 18.3 Å². The number of nitrogens with zero attached hydrogens (tertiary/aromatic N) is 2. The fourth-order valence-corrected chi connectivity index (χ4v) is 2.42. The Kier molecular flexibility index (Phi) is 5.15. The number of hydrogen-bond acceptors (Lipinski definition) is 3. The summed E-state index contributed by atoms with van der Waals surface area (Å²) in [6.45, 7) is 1.72.